The highest BCUT2D eigenvalue weighted by Crippen LogP contribution is 2.11. The van der Waals surface area contributed by atoms with Crippen LogP contribution >= 0.6 is 0 Å². The van der Waals surface area contributed by atoms with E-state index < -0.39 is 0 Å². The predicted molar refractivity (Wildman–Crippen MR) is 92.4 cm³/mol. The molecule has 24 heavy (non-hydrogen) atoms. The molecule has 1 N–H and O–H groups in total. The van der Waals surface area contributed by atoms with Crippen LogP contribution in [0.4, 0.5) is 0 Å². The van der Waals surface area contributed by atoms with Gasteiger partial charge in [0.1, 0.15) is 6.26 Å². The first-order valence-electron chi connectivity index (χ1n) is 8.25. The van der Waals surface area contributed by atoms with E-state index >= 15 is 0 Å². The van der Waals surface area contributed by atoms with Gasteiger partial charge >= 0.3 is 0 Å². The summed E-state index contributed by atoms with van der Waals surface area (Å²) in [5.41, 5.74) is 1.52. The minimum absolute atomic E-state index is 0.0394. The Balaban J connectivity index is 2.02. The molecule has 0 aliphatic carbocycles. The Labute approximate surface area is 142 Å². The Kier molecular flexibility index (Phi) is 6.61. The van der Waals surface area contributed by atoms with Gasteiger partial charge < -0.3 is 14.6 Å². The molecule has 5 heteroatoms. The fourth-order valence-corrected chi connectivity index (χ4v) is 2.31. The van der Waals surface area contributed by atoms with Gasteiger partial charge in [-0.3, -0.25) is 9.59 Å². The lowest BCUT2D eigenvalue weighted by Gasteiger charge is -2.22. The molecule has 0 saturated heterocycles. The highest BCUT2D eigenvalue weighted by Gasteiger charge is 2.18. The van der Waals surface area contributed by atoms with Gasteiger partial charge in [0.25, 0.3) is 5.91 Å². The van der Waals surface area contributed by atoms with Crippen molar-refractivity contribution in [3.8, 4) is 0 Å². The zero-order valence-corrected chi connectivity index (χ0v) is 14.2. The van der Waals surface area contributed by atoms with Crippen molar-refractivity contribution in [3.05, 3.63) is 60.1 Å². The van der Waals surface area contributed by atoms with Gasteiger partial charge in [-0.15, -0.1) is 0 Å². The van der Waals surface area contributed by atoms with Crippen molar-refractivity contribution in [1.82, 2.24) is 10.2 Å². The van der Waals surface area contributed by atoms with E-state index in [0.29, 0.717) is 18.7 Å². The van der Waals surface area contributed by atoms with Crippen LogP contribution in [0.5, 0.6) is 0 Å². The summed E-state index contributed by atoms with van der Waals surface area (Å²) >= 11 is 0. The van der Waals surface area contributed by atoms with Crippen molar-refractivity contribution < 1.29 is 14.0 Å². The Morgan fingerprint density at radius 2 is 1.96 bits per heavy atom. The van der Waals surface area contributed by atoms with Crippen molar-refractivity contribution >= 4 is 11.8 Å². The molecular weight excluding hydrogens is 304 g/mol. The molecule has 1 atom stereocenters. The smallest absolute Gasteiger partial charge is 0.257 e. The molecule has 1 aromatic heterocycles. The second-order valence-corrected chi connectivity index (χ2v) is 5.85. The second-order valence-electron chi connectivity index (χ2n) is 5.85. The summed E-state index contributed by atoms with van der Waals surface area (Å²) in [5.74, 6) is -0.175. The predicted octanol–water partition coefficient (Wildman–Crippen LogP) is 3.23. The van der Waals surface area contributed by atoms with Crippen LogP contribution in [0.3, 0.4) is 0 Å². The molecule has 0 fully saturated rings. The largest absolute Gasteiger partial charge is 0.472 e. The number of hydrogen-bond donors (Lipinski definition) is 1. The molecule has 0 aliphatic heterocycles. The minimum atomic E-state index is -0.135. The third kappa shape index (κ3) is 5.26. The topological polar surface area (TPSA) is 62.6 Å². The molecule has 1 heterocycles. The maximum absolute atomic E-state index is 12.6. The fraction of sp³-hybridized carbons (Fsp3) is 0.368. The summed E-state index contributed by atoms with van der Waals surface area (Å²) < 4.78 is 5.00. The van der Waals surface area contributed by atoms with Gasteiger partial charge in [-0.25, -0.2) is 0 Å². The maximum Gasteiger partial charge on any atom is 0.257 e. The highest BCUT2D eigenvalue weighted by atomic mass is 16.3. The lowest BCUT2D eigenvalue weighted by molar-refractivity contribution is -0.121. The molecule has 1 unspecified atom stereocenters. The Morgan fingerprint density at radius 3 is 2.58 bits per heavy atom. The summed E-state index contributed by atoms with van der Waals surface area (Å²) in [6.45, 7) is 4.81. The van der Waals surface area contributed by atoms with Crippen LogP contribution in [0.25, 0.3) is 0 Å². The molecule has 2 rings (SSSR count). The van der Waals surface area contributed by atoms with E-state index in [1.54, 1.807) is 11.0 Å². The van der Waals surface area contributed by atoms with Gasteiger partial charge in [-0.2, -0.15) is 0 Å². The van der Waals surface area contributed by atoms with Crippen molar-refractivity contribution in [2.24, 2.45) is 0 Å². The van der Waals surface area contributed by atoms with E-state index in [9.17, 15) is 9.59 Å². The van der Waals surface area contributed by atoms with Gasteiger partial charge in [-0.1, -0.05) is 37.3 Å². The first-order chi connectivity index (χ1) is 11.6. The number of nitrogens with zero attached hydrogens (tertiary/aromatic N) is 1. The number of nitrogens with one attached hydrogen (secondary N) is 1. The molecule has 5 nitrogen and oxygen atoms in total. The molecule has 0 saturated carbocycles. The first kappa shape index (κ1) is 17.8. The number of rotatable bonds is 8. The van der Waals surface area contributed by atoms with Crippen LogP contribution in [0.1, 0.15) is 42.6 Å². The molecular formula is C19H24N2O3. The number of hydrogen-bond acceptors (Lipinski definition) is 3. The minimum Gasteiger partial charge on any atom is -0.472 e. The van der Waals surface area contributed by atoms with Crippen LogP contribution < -0.4 is 5.32 Å². The quantitative estimate of drug-likeness (QED) is 0.809. The second kappa shape index (κ2) is 8.91. The summed E-state index contributed by atoms with van der Waals surface area (Å²) in [4.78, 5) is 26.3. The lowest BCUT2D eigenvalue weighted by atomic mass is 10.2. The van der Waals surface area contributed by atoms with Gasteiger partial charge in [0, 0.05) is 25.6 Å². The van der Waals surface area contributed by atoms with Gasteiger partial charge in [-0.05, 0) is 25.0 Å². The van der Waals surface area contributed by atoms with E-state index in [1.807, 2.05) is 44.2 Å². The Bertz CT molecular complexity index is 638. The Hall–Kier alpha value is -2.56. The lowest BCUT2D eigenvalue weighted by Crippen LogP contribution is -2.37. The SMILES string of the molecule is CCC(C)NC(=O)CCN(Cc1ccccc1)C(=O)c1ccoc1. The Morgan fingerprint density at radius 1 is 1.21 bits per heavy atom. The fourth-order valence-electron chi connectivity index (χ4n) is 2.31. The van der Waals surface area contributed by atoms with Crippen molar-refractivity contribution in [3.63, 3.8) is 0 Å². The van der Waals surface area contributed by atoms with Gasteiger partial charge in [0.2, 0.25) is 5.91 Å². The third-order valence-corrected chi connectivity index (χ3v) is 3.90. The average molecular weight is 328 g/mol. The number of furan rings is 1. The van der Waals surface area contributed by atoms with Gasteiger partial charge in [0.05, 0.1) is 11.8 Å². The number of carbonyl (C=O) groups is 2. The van der Waals surface area contributed by atoms with E-state index in [0.717, 1.165) is 12.0 Å². The monoisotopic (exact) mass is 328 g/mol. The molecule has 1 aromatic carbocycles. The highest BCUT2D eigenvalue weighted by molar-refractivity contribution is 5.94. The number of amides is 2. The summed E-state index contributed by atoms with van der Waals surface area (Å²) in [6, 6.07) is 11.5. The molecule has 128 valence electrons. The van der Waals surface area contributed by atoms with Gasteiger partial charge in [0.15, 0.2) is 0 Å². The molecule has 0 radical (unpaired) electrons. The third-order valence-electron chi connectivity index (χ3n) is 3.90. The number of carbonyl (C=O) groups excluding carboxylic acids is 2. The van der Waals surface area contributed by atoms with Crippen LogP contribution in [-0.4, -0.2) is 29.3 Å². The maximum atomic E-state index is 12.6. The van der Waals surface area contributed by atoms with E-state index in [2.05, 4.69) is 5.32 Å². The van der Waals surface area contributed by atoms with Crippen molar-refractivity contribution in [2.45, 2.75) is 39.3 Å². The number of benzene rings is 1. The van der Waals surface area contributed by atoms with E-state index in [4.69, 9.17) is 4.42 Å². The molecule has 2 amide bonds. The normalized spacial score (nSPS) is 11.8. The van der Waals surface area contributed by atoms with Crippen LogP contribution in [0, 0.1) is 0 Å². The van der Waals surface area contributed by atoms with Crippen molar-refractivity contribution in [1.29, 1.82) is 0 Å². The first-order valence-corrected chi connectivity index (χ1v) is 8.25. The summed E-state index contributed by atoms with van der Waals surface area (Å²) in [7, 11) is 0. The zero-order chi connectivity index (χ0) is 17.4. The van der Waals surface area contributed by atoms with E-state index in [-0.39, 0.29) is 24.3 Å². The van der Waals surface area contributed by atoms with Crippen molar-refractivity contribution in [2.75, 3.05) is 6.54 Å². The summed E-state index contributed by atoms with van der Waals surface area (Å²) in [5, 5.41) is 2.93. The zero-order valence-electron chi connectivity index (χ0n) is 14.2. The van der Waals surface area contributed by atoms with Crippen LogP contribution in [-0.2, 0) is 11.3 Å². The standard InChI is InChI=1S/C19H24N2O3/c1-3-15(2)20-18(22)9-11-21(13-16-7-5-4-6-8-16)19(23)17-10-12-24-14-17/h4-8,10,12,14-15H,3,9,11,13H2,1-2H3,(H,20,22). The molecule has 0 aliphatic rings. The average Bonchev–Trinajstić information content (AvgIpc) is 3.13. The molecule has 0 spiro atoms. The molecule has 2 aromatic rings. The summed E-state index contributed by atoms with van der Waals surface area (Å²) in [6.07, 6.45) is 4.07. The molecule has 0 bridgehead atoms. The van der Waals surface area contributed by atoms with Crippen LogP contribution in [0.2, 0.25) is 0 Å². The van der Waals surface area contributed by atoms with Crippen LogP contribution in [0.15, 0.2) is 53.3 Å². The van der Waals surface area contributed by atoms with E-state index in [1.165, 1.54) is 12.5 Å².